The van der Waals surface area contributed by atoms with Gasteiger partial charge in [-0.1, -0.05) is 0 Å². The molecule has 12 heavy (non-hydrogen) atoms. The topological polar surface area (TPSA) is 50.4 Å². The molecule has 2 aromatic rings. The second kappa shape index (κ2) is 2.84. The van der Waals surface area contributed by atoms with E-state index in [0.29, 0.717) is 5.69 Å². The highest BCUT2D eigenvalue weighted by Gasteiger charge is 1.99. The van der Waals surface area contributed by atoms with E-state index in [1.54, 1.807) is 18.6 Å². The van der Waals surface area contributed by atoms with Crippen LogP contribution in [0.15, 0.2) is 23.2 Å². The van der Waals surface area contributed by atoms with Crippen molar-refractivity contribution in [1.29, 1.82) is 0 Å². The van der Waals surface area contributed by atoms with Crippen molar-refractivity contribution in [3.8, 4) is 0 Å². The molecule has 1 N–H and O–H groups in total. The van der Waals surface area contributed by atoms with Gasteiger partial charge in [-0.25, -0.2) is 9.97 Å². The first-order valence-electron chi connectivity index (χ1n) is 3.39. The fourth-order valence-corrected chi connectivity index (χ4v) is 1.33. The van der Waals surface area contributed by atoms with E-state index in [1.165, 1.54) is 0 Å². The van der Waals surface area contributed by atoms with E-state index in [0.717, 1.165) is 10.3 Å². The van der Waals surface area contributed by atoms with E-state index in [-0.39, 0.29) is 6.61 Å². The minimum absolute atomic E-state index is 0.0424. The van der Waals surface area contributed by atoms with Crippen LogP contribution in [0.5, 0.6) is 0 Å². The zero-order valence-electron chi connectivity index (χ0n) is 6.11. The van der Waals surface area contributed by atoms with Crippen LogP contribution < -0.4 is 0 Å². The standard InChI is InChI=1S/C7H6BrN3O/c8-6-3-11-2-5(4-12)10-7(11)1-9-6/h1-3,12H,4H2. The molecule has 0 aliphatic rings. The summed E-state index contributed by atoms with van der Waals surface area (Å²) in [7, 11) is 0. The molecule has 2 heterocycles. The van der Waals surface area contributed by atoms with Crippen molar-refractivity contribution in [2.45, 2.75) is 6.61 Å². The molecule has 5 heteroatoms. The summed E-state index contributed by atoms with van der Waals surface area (Å²) in [5, 5.41) is 8.80. The molecule has 4 nitrogen and oxygen atoms in total. The molecule has 0 aliphatic carbocycles. The minimum Gasteiger partial charge on any atom is -0.390 e. The first-order valence-corrected chi connectivity index (χ1v) is 4.19. The Balaban J connectivity index is 2.67. The third-order valence-electron chi connectivity index (χ3n) is 1.52. The van der Waals surface area contributed by atoms with Crippen LogP contribution >= 0.6 is 15.9 Å². The maximum absolute atomic E-state index is 8.80. The number of hydrogen-bond donors (Lipinski definition) is 1. The number of aromatic nitrogens is 3. The van der Waals surface area contributed by atoms with Gasteiger partial charge in [0, 0.05) is 12.4 Å². The Labute approximate surface area is 77.0 Å². The number of aliphatic hydroxyl groups excluding tert-OH is 1. The van der Waals surface area contributed by atoms with Crippen LogP contribution in [0.3, 0.4) is 0 Å². The van der Waals surface area contributed by atoms with Gasteiger partial charge in [-0.3, -0.25) is 0 Å². The van der Waals surface area contributed by atoms with Crippen LogP contribution in [0, 0.1) is 0 Å². The van der Waals surface area contributed by atoms with Crippen LogP contribution in [0.1, 0.15) is 5.69 Å². The van der Waals surface area contributed by atoms with Gasteiger partial charge in [0.25, 0.3) is 0 Å². The van der Waals surface area contributed by atoms with Gasteiger partial charge in [0.1, 0.15) is 4.60 Å². The van der Waals surface area contributed by atoms with Gasteiger partial charge in [-0.2, -0.15) is 0 Å². The van der Waals surface area contributed by atoms with Gasteiger partial charge in [-0.15, -0.1) is 0 Å². The molecule has 62 valence electrons. The third-order valence-corrected chi connectivity index (χ3v) is 1.93. The summed E-state index contributed by atoms with van der Waals surface area (Å²) in [6.45, 7) is -0.0424. The van der Waals surface area contributed by atoms with E-state index in [2.05, 4.69) is 25.9 Å². The molecule has 0 aliphatic heterocycles. The normalized spacial score (nSPS) is 10.8. The fraction of sp³-hybridized carbons (Fsp3) is 0.143. The Morgan fingerprint density at radius 1 is 1.50 bits per heavy atom. The van der Waals surface area contributed by atoms with E-state index in [9.17, 15) is 0 Å². The molecule has 0 spiro atoms. The van der Waals surface area contributed by atoms with Crippen molar-refractivity contribution < 1.29 is 5.11 Å². The first-order chi connectivity index (χ1) is 5.79. The molecule has 0 saturated carbocycles. The fourth-order valence-electron chi connectivity index (χ4n) is 1.00. The number of imidazole rings is 1. The summed E-state index contributed by atoms with van der Waals surface area (Å²) in [5.41, 5.74) is 1.39. The van der Waals surface area contributed by atoms with Crippen molar-refractivity contribution >= 4 is 21.6 Å². The van der Waals surface area contributed by atoms with E-state index in [1.807, 2.05) is 4.40 Å². The second-order valence-electron chi connectivity index (χ2n) is 2.37. The van der Waals surface area contributed by atoms with Crippen LogP contribution in [0.2, 0.25) is 0 Å². The molecular weight excluding hydrogens is 222 g/mol. The zero-order chi connectivity index (χ0) is 8.55. The average molecular weight is 228 g/mol. The Morgan fingerprint density at radius 3 is 3.08 bits per heavy atom. The maximum atomic E-state index is 8.80. The number of rotatable bonds is 1. The SMILES string of the molecule is OCc1cn2cc(Br)ncc2n1. The molecule has 0 saturated heterocycles. The van der Waals surface area contributed by atoms with E-state index in [4.69, 9.17) is 5.11 Å². The van der Waals surface area contributed by atoms with Gasteiger partial charge >= 0.3 is 0 Å². The van der Waals surface area contributed by atoms with Gasteiger partial charge < -0.3 is 9.51 Å². The predicted molar refractivity (Wildman–Crippen MR) is 46.6 cm³/mol. The number of hydrogen-bond acceptors (Lipinski definition) is 3. The largest absolute Gasteiger partial charge is 0.390 e. The monoisotopic (exact) mass is 227 g/mol. The van der Waals surface area contributed by atoms with Crippen molar-refractivity contribution in [2.24, 2.45) is 0 Å². The van der Waals surface area contributed by atoms with Gasteiger partial charge in [0.15, 0.2) is 5.65 Å². The lowest BCUT2D eigenvalue weighted by atomic mass is 10.5. The Bertz CT molecular complexity index is 412. The van der Waals surface area contributed by atoms with Crippen molar-refractivity contribution in [3.63, 3.8) is 0 Å². The Kier molecular flexibility index (Phi) is 1.82. The Hall–Kier alpha value is -0.940. The average Bonchev–Trinajstić information content (AvgIpc) is 2.46. The molecule has 0 unspecified atom stereocenters. The van der Waals surface area contributed by atoms with Crippen molar-refractivity contribution in [3.05, 3.63) is 28.9 Å². The lowest BCUT2D eigenvalue weighted by molar-refractivity contribution is 0.277. The first kappa shape index (κ1) is 7.70. The molecule has 0 bridgehead atoms. The summed E-state index contributed by atoms with van der Waals surface area (Å²) in [5.74, 6) is 0. The highest BCUT2D eigenvalue weighted by atomic mass is 79.9. The molecule has 0 atom stereocenters. The molecule has 2 rings (SSSR count). The van der Waals surface area contributed by atoms with Crippen LogP contribution in [0.4, 0.5) is 0 Å². The van der Waals surface area contributed by atoms with Crippen molar-refractivity contribution in [1.82, 2.24) is 14.4 Å². The van der Waals surface area contributed by atoms with Gasteiger partial charge in [-0.05, 0) is 15.9 Å². The minimum atomic E-state index is -0.0424. The Morgan fingerprint density at radius 2 is 2.33 bits per heavy atom. The number of nitrogens with zero attached hydrogens (tertiary/aromatic N) is 3. The second-order valence-corrected chi connectivity index (χ2v) is 3.18. The third kappa shape index (κ3) is 1.21. The lowest BCUT2D eigenvalue weighted by Crippen LogP contribution is -1.84. The highest BCUT2D eigenvalue weighted by Crippen LogP contribution is 2.08. The highest BCUT2D eigenvalue weighted by molar-refractivity contribution is 9.10. The smallest absolute Gasteiger partial charge is 0.155 e. The molecule has 0 fully saturated rings. The molecule has 0 radical (unpaired) electrons. The molecule has 0 aromatic carbocycles. The van der Waals surface area contributed by atoms with Crippen molar-refractivity contribution in [2.75, 3.05) is 0 Å². The van der Waals surface area contributed by atoms with Gasteiger partial charge in [0.05, 0.1) is 18.5 Å². The zero-order valence-corrected chi connectivity index (χ0v) is 7.69. The quantitative estimate of drug-likeness (QED) is 0.791. The van der Waals surface area contributed by atoms with Crippen LogP contribution in [-0.4, -0.2) is 19.5 Å². The number of fused-ring (bicyclic) bond motifs is 1. The summed E-state index contributed by atoms with van der Waals surface area (Å²) >= 11 is 3.24. The van der Waals surface area contributed by atoms with Crippen LogP contribution in [0.25, 0.3) is 5.65 Å². The van der Waals surface area contributed by atoms with Crippen LogP contribution in [-0.2, 0) is 6.61 Å². The molecular formula is C7H6BrN3O. The molecule has 0 amide bonds. The number of halogens is 1. The summed E-state index contributed by atoms with van der Waals surface area (Å²) in [6.07, 6.45) is 5.20. The summed E-state index contributed by atoms with van der Waals surface area (Å²) < 4.78 is 2.56. The van der Waals surface area contributed by atoms with E-state index < -0.39 is 0 Å². The predicted octanol–water partition coefficient (Wildman–Crippen LogP) is 0.984. The summed E-state index contributed by atoms with van der Waals surface area (Å²) in [4.78, 5) is 8.11. The molecule has 2 aromatic heterocycles. The maximum Gasteiger partial charge on any atom is 0.155 e. The lowest BCUT2D eigenvalue weighted by Gasteiger charge is -1.90. The van der Waals surface area contributed by atoms with Gasteiger partial charge in [0.2, 0.25) is 0 Å². The number of aliphatic hydroxyl groups is 1. The van der Waals surface area contributed by atoms with E-state index >= 15 is 0 Å². The summed E-state index contributed by atoms with van der Waals surface area (Å²) in [6, 6.07) is 0.